The molecule has 0 radical (unpaired) electrons. The Bertz CT molecular complexity index is 1190. The van der Waals surface area contributed by atoms with Gasteiger partial charge in [0.05, 0.1) is 19.9 Å². The third kappa shape index (κ3) is 3.75. The van der Waals surface area contributed by atoms with Crippen LogP contribution in [-0.2, 0) is 16.1 Å². The number of carbonyl (C=O) groups excluding carboxylic acids is 3. The van der Waals surface area contributed by atoms with Crippen LogP contribution in [0.5, 0.6) is 5.75 Å². The number of aryl methyl sites for hydroxylation is 1. The lowest BCUT2D eigenvalue weighted by Crippen LogP contribution is -2.53. The molecule has 8 heteroatoms. The van der Waals surface area contributed by atoms with E-state index in [4.69, 9.17) is 9.15 Å². The molecule has 1 fully saturated rings. The highest BCUT2D eigenvalue weighted by atomic mass is 16.5. The molecule has 0 spiro atoms. The molecule has 158 valence electrons. The third-order valence-corrected chi connectivity index (χ3v) is 5.18. The van der Waals surface area contributed by atoms with Crippen LogP contribution in [0.1, 0.15) is 22.7 Å². The molecule has 3 aromatic rings. The number of rotatable bonds is 5. The van der Waals surface area contributed by atoms with E-state index in [2.05, 4.69) is 5.32 Å². The molecule has 0 aliphatic carbocycles. The predicted molar refractivity (Wildman–Crippen MR) is 113 cm³/mol. The fourth-order valence-corrected chi connectivity index (χ4v) is 3.61. The lowest BCUT2D eigenvalue weighted by Gasteiger charge is -2.25. The minimum Gasteiger partial charge on any atom is -0.497 e. The fraction of sp³-hybridized carbons (Fsp3) is 0.174. The van der Waals surface area contributed by atoms with Crippen LogP contribution in [-0.4, -0.2) is 34.4 Å². The molecule has 4 amide bonds. The summed E-state index contributed by atoms with van der Waals surface area (Å²) in [6.45, 7) is 3.78. The monoisotopic (exact) mass is 419 g/mol. The number of benzene rings is 1. The van der Waals surface area contributed by atoms with E-state index in [0.717, 1.165) is 27.7 Å². The Morgan fingerprint density at radius 1 is 1.10 bits per heavy atom. The number of urea groups is 1. The number of aromatic nitrogens is 1. The third-order valence-electron chi connectivity index (χ3n) is 5.18. The fourth-order valence-electron chi connectivity index (χ4n) is 3.61. The average Bonchev–Trinajstić information content (AvgIpc) is 3.36. The Hall–Kier alpha value is -4.07. The van der Waals surface area contributed by atoms with Crippen LogP contribution in [0.4, 0.5) is 4.79 Å². The number of methoxy groups -OCH3 is 1. The van der Waals surface area contributed by atoms with Crippen LogP contribution in [0.3, 0.4) is 0 Å². The number of carbonyl (C=O) groups is 3. The molecule has 1 aromatic carbocycles. The summed E-state index contributed by atoms with van der Waals surface area (Å²) < 4.78 is 12.5. The Kier molecular flexibility index (Phi) is 5.21. The van der Waals surface area contributed by atoms with Crippen molar-refractivity contribution in [3.63, 3.8) is 0 Å². The van der Waals surface area contributed by atoms with Crippen molar-refractivity contribution < 1.29 is 23.5 Å². The summed E-state index contributed by atoms with van der Waals surface area (Å²) in [5, 5.41) is 2.22. The van der Waals surface area contributed by atoms with E-state index in [1.165, 1.54) is 12.3 Å². The van der Waals surface area contributed by atoms with Gasteiger partial charge in [-0.1, -0.05) is 0 Å². The molecule has 0 bridgehead atoms. The average molecular weight is 419 g/mol. The zero-order chi connectivity index (χ0) is 22.1. The highest BCUT2D eigenvalue weighted by Gasteiger charge is 2.36. The molecule has 2 aromatic heterocycles. The highest BCUT2D eigenvalue weighted by molar-refractivity contribution is 6.31. The number of nitrogens with one attached hydrogen (secondary N) is 1. The standard InChI is InChI=1S/C23H21N3O5/c1-14-11-16(15(2)26(14)17-6-8-18(30-3)9-7-17)12-20-21(27)24-23(29)25(22(20)28)13-19-5-4-10-31-19/h4-12H,13H2,1-3H3,(H,24,27,29). The maximum absolute atomic E-state index is 12.9. The molecule has 1 N–H and O–H groups in total. The minimum absolute atomic E-state index is 0.0623. The van der Waals surface area contributed by atoms with E-state index < -0.39 is 17.8 Å². The molecular formula is C23H21N3O5. The molecule has 1 saturated heterocycles. The lowest BCUT2D eigenvalue weighted by atomic mass is 10.1. The van der Waals surface area contributed by atoms with Crippen molar-refractivity contribution in [2.45, 2.75) is 20.4 Å². The first-order chi connectivity index (χ1) is 14.9. The van der Waals surface area contributed by atoms with Gasteiger partial charge in [-0.3, -0.25) is 19.8 Å². The van der Waals surface area contributed by atoms with Gasteiger partial charge in [0.2, 0.25) is 0 Å². The molecule has 1 aliphatic rings. The Morgan fingerprint density at radius 3 is 2.48 bits per heavy atom. The molecule has 0 saturated carbocycles. The quantitative estimate of drug-likeness (QED) is 0.506. The number of hydrogen-bond donors (Lipinski definition) is 1. The normalized spacial score (nSPS) is 15.5. The van der Waals surface area contributed by atoms with Crippen LogP contribution >= 0.6 is 0 Å². The number of ether oxygens (including phenoxy) is 1. The number of amides is 4. The number of furan rings is 1. The van der Waals surface area contributed by atoms with Crippen LogP contribution in [0.15, 0.2) is 58.7 Å². The van der Waals surface area contributed by atoms with Gasteiger partial charge in [-0.2, -0.15) is 0 Å². The van der Waals surface area contributed by atoms with Gasteiger partial charge in [-0.05, 0) is 68.0 Å². The van der Waals surface area contributed by atoms with Crippen molar-refractivity contribution in [3.8, 4) is 11.4 Å². The van der Waals surface area contributed by atoms with Crippen LogP contribution in [0.2, 0.25) is 0 Å². The van der Waals surface area contributed by atoms with Crippen molar-refractivity contribution >= 4 is 23.9 Å². The first-order valence-corrected chi connectivity index (χ1v) is 9.63. The molecule has 0 atom stereocenters. The van der Waals surface area contributed by atoms with Crippen molar-refractivity contribution in [3.05, 3.63) is 77.0 Å². The van der Waals surface area contributed by atoms with Crippen molar-refractivity contribution in [2.75, 3.05) is 7.11 Å². The summed E-state index contributed by atoms with van der Waals surface area (Å²) in [6.07, 6.45) is 2.97. The van der Waals surface area contributed by atoms with Gasteiger partial charge in [-0.15, -0.1) is 0 Å². The summed E-state index contributed by atoms with van der Waals surface area (Å²) in [4.78, 5) is 38.5. The number of hydrogen-bond acceptors (Lipinski definition) is 5. The van der Waals surface area contributed by atoms with Gasteiger partial charge < -0.3 is 13.7 Å². The molecule has 31 heavy (non-hydrogen) atoms. The molecule has 8 nitrogen and oxygen atoms in total. The number of barbiturate groups is 1. The summed E-state index contributed by atoms with van der Waals surface area (Å²) in [6, 6.07) is 12.0. The Morgan fingerprint density at radius 2 is 1.84 bits per heavy atom. The van der Waals surface area contributed by atoms with Crippen molar-refractivity contribution in [2.24, 2.45) is 0 Å². The summed E-state index contributed by atoms with van der Waals surface area (Å²) in [7, 11) is 1.61. The SMILES string of the molecule is COc1ccc(-n2c(C)cc(C=C3C(=O)NC(=O)N(Cc4ccco4)C3=O)c2C)cc1. The molecule has 3 heterocycles. The Balaban J connectivity index is 1.69. The Labute approximate surface area is 178 Å². The van der Waals surface area contributed by atoms with E-state index in [1.807, 2.05) is 48.7 Å². The topological polar surface area (TPSA) is 93.8 Å². The number of imide groups is 2. The molecular weight excluding hydrogens is 398 g/mol. The molecule has 0 unspecified atom stereocenters. The predicted octanol–water partition coefficient (Wildman–Crippen LogP) is 3.36. The first-order valence-electron chi connectivity index (χ1n) is 9.63. The van der Waals surface area contributed by atoms with Gasteiger partial charge in [0, 0.05) is 17.1 Å². The minimum atomic E-state index is -0.771. The summed E-state index contributed by atoms with van der Waals surface area (Å²) in [5.74, 6) is -0.200. The largest absolute Gasteiger partial charge is 0.497 e. The molecule has 1 aliphatic heterocycles. The van der Waals surface area contributed by atoms with E-state index >= 15 is 0 Å². The zero-order valence-electron chi connectivity index (χ0n) is 17.3. The van der Waals surface area contributed by atoms with Gasteiger partial charge in [0.1, 0.15) is 17.1 Å². The van der Waals surface area contributed by atoms with Gasteiger partial charge in [0.15, 0.2) is 0 Å². The van der Waals surface area contributed by atoms with E-state index in [0.29, 0.717) is 11.3 Å². The van der Waals surface area contributed by atoms with Crippen LogP contribution in [0, 0.1) is 13.8 Å². The first kappa shape index (κ1) is 20.2. The smallest absolute Gasteiger partial charge is 0.331 e. The van der Waals surface area contributed by atoms with Crippen LogP contribution < -0.4 is 10.1 Å². The summed E-state index contributed by atoms with van der Waals surface area (Å²) >= 11 is 0. The van der Waals surface area contributed by atoms with Gasteiger partial charge in [0.25, 0.3) is 11.8 Å². The van der Waals surface area contributed by atoms with Crippen molar-refractivity contribution in [1.82, 2.24) is 14.8 Å². The maximum atomic E-state index is 12.9. The van der Waals surface area contributed by atoms with E-state index in [-0.39, 0.29) is 12.1 Å². The van der Waals surface area contributed by atoms with Gasteiger partial charge >= 0.3 is 6.03 Å². The lowest BCUT2D eigenvalue weighted by molar-refractivity contribution is -0.130. The van der Waals surface area contributed by atoms with E-state index in [9.17, 15) is 14.4 Å². The van der Waals surface area contributed by atoms with Gasteiger partial charge in [-0.25, -0.2) is 4.79 Å². The molecule has 4 rings (SSSR count). The zero-order valence-corrected chi connectivity index (χ0v) is 17.3. The second-order valence-electron chi connectivity index (χ2n) is 7.15. The maximum Gasteiger partial charge on any atom is 0.331 e. The van der Waals surface area contributed by atoms with Crippen molar-refractivity contribution in [1.29, 1.82) is 0 Å². The second kappa shape index (κ2) is 7.98. The second-order valence-corrected chi connectivity index (χ2v) is 7.15. The summed E-state index contributed by atoms with van der Waals surface area (Å²) in [5.41, 5.74) is 3.31. The van der Waals surface area contributed by atoms with Crippen LogP contribution in [0.25, 0.3) is 11.8 Å². The highest BCUT2D eigenvalue weighted by Crippen LogP contribution is 2.25. The van der Waals surface area contributed by atoms with E-state index in [1.54, 1.807) is 19.2 Å². The number of nitrogens with zero attached hydrogens (tertiary/aromatic N) is 2.